The fraction of sp³-hybridized carbons (Fsp3) is 0.158. The van der Waals surface area contributed by atoms with E-state index in [1.807, 2.05) is 36.4 Å². The number of rotatable bonds is 6. The maximum atomic E-state index is 12.1. The summed E-state index contributed by atoms with van der Waals surface area (Å²) in [7, 11) is 1.56. The molecule has 2 aromatic carbocycles. The third-order valence-corrected chi connectivity index (χ3v) is 4.67. The molecule has 1 heterocycles. The standard InChI is InChI=1S/C19H17BrN4O3S/c1-12-18(25)24(19(28)23-22-12)21-10-14-8-15(20)17(16(9-14)26-2)27-11-13-6-4-3-5-7-13/h3-10H,11H2,1-2H3,(H,23,28)/b21-10+. The molecule has 0 aliphatic carbocycles. The minimum Gasteiger partial charge on any atom is -0.493 e. The zero-order chi connectivity index (χ0) is 20.1. The molecule has 9 heteroatoms. The summed E-state index contributed by atoms with van der Waals surface area (Å²) >= 11 is 8.58. The van der Waals surface area contributed by atoms with Crippen LogP contribution < -0.4 is 15.0 Å². The lowest BCUT2D eigenvalue weighted by molar-refractivity contribution is 0.282. The normalized spacial score (nSPS) is 11.0. The van der Waals surface area contributed by atoms with Crippen molar-refractivity contribution in [3.63, 3.8) is 0 Å². The highest BCUT2D eigenvalue weighted by atomic mass is 79.9. The van der Waals surface area contributed by atoms with E-state index in [1.54, 1.807) is 20.1 Å². The van der Waals surface area contributed by atoms with Crippen molar-refractivity contribution in [3.05, 3.63) is 78.9 Å². The number of H-pyrrole nitrogens is 1. The summed E-state index contributed by atoms with van der Waals surface area (Å²) in [4.78, 5) is 12.1. The van der Waals surface area contributed by atoms with Gasteiger partial charge >= 0.3 is 0 Å². The van der Waals surface area contributed by atoms with Crippen LogP contribution in [0.25, 0.3) is 0 Å². The van der Waals surface area contributed by atoms with E-state index in [0.29, 0.717) is 28.1 Å². The van der Waals surface area contributed by atoms with Crippen molar-refractivity contribution in [1.29, 1.82) is 0 Å². The van der Waals surface area contributed by atoms with Crippen LogP contribution >= 0.6 is 28.1 Å². The van der Waals surface area contributed by atoms with E-state index < -0.39 is 0 Å². The number of nitrogens with one attached hydrogen (secondary N) is 1. The van der Waals surface area contributed by atoms with E-state index in [-0.39, 0.29) is 16.0 Å². The van der Waals surface area contributed by atoms with Crippen LogP contribution in [-0.4, -0.2) is 28.2 Å². The number of hydrogen-bond acceptors (Lipinski definition) is 6. The summed E-state index contributed by atoms with van der Waals surface area (Å²) in [6.45, 7) is 1.99. The molecule has 28 heavy (non-hydrogen) atoms. The molecule has 1 N–H and O–H groups in total. The first-order chi connectivity index (χ1) is 13.5. The maximum Gasteiger partial charge on any atom is 0.296 e. The van der Waals surface area contributed by atoms with Gasteiger partial charge in [0.2, 0.25) is 4.77 Å². The molecule has 0 bridgehead atoms. The molecule has 0 saturated carbocycles. The van der Waals surface area contributed by atoms with E-state index in [4.69, 9.17) is 21.7 Å². The van der Waals surface area contributed by atoms with Crippen molar-refractivity contribution < 1.29 is 9.47 Å². The molecule has 3 rings (SSSR count). The third kappa shape index (κ3) is 4.55. The molecular weight excluding hydrogens is 444 g/mol. The van der Waals surface area contributed by atoms with Crippen LogP contribution in [0.1, 0.15) is 16.8 Å². The van der Waals surface area contributed by atoms with Crippen LogP contribution in [0.5, 0.6) is 11.5 Å². The molecule has 7 nitrogen and oxygen atoms in total. The van der Waals surface area contributed by atoms with E-state index >= 15 is 0 Å². The molecule has 144 valence electrons. The highest BCUT2D eigenvalue weighted by Gasteiger charge is 2.12. The van der Waals surface area contributed by atoms with Crippen molar-refractivity contribution in [3.8, 4) is 11.5 Å². The zero-order valence-corrected chi connectivity index (χ0v) is 17.6. The number of aromatic amines is 1. The van der Waals surface area contributed by atoms with Gasteiger partial charge in [0.05, 0.1) is 17.8 Å². The van der Waals surface area contributed by atoms with Gasteiger partial charge in [-0.05, 0) is 58.3 Å². The minimum atomic E-state index is -0.381. The molecule has 3 aromatic rings. The molecule has 0 amide bonds. The summed E-state index contributed by atoms with van der Waals surface area (Å²) < 4.78 is 13.3. The average molecular weight is 461 g/mol. The molecule has 0 saturated heterocycles. The minimum absolute atomic E-state index is 0.112. The van der Waals surface area contributed by atoms with Crippen molar-refractivity contribution in [2.75, 3.05) is 7.11 Å². The summed E-state index contributed by atoms with van der Waals surface area (Å²) in [5, 5.41) is 10.6. The molecule has 0 aliphatic rings. The number of hydrogen-bond donors (Lipinski definition) is 1. The first-order valence-corrected chi connectivity index (χ1v) is 9.46. The summed E-state index contributed by atoms with van der Waals surface area (Å²) in [6.07, 6.45) is 1.51. The number of nitrogens with zero attached hydrogens (tertiary/aromatic N) is 3. The molecule has 0 fully saturated rings. The lowest BCUT2D eigenvalue weighted by Crippen LogP contribution is -2.22. The average Bonchev–Trinajstić information content (AvgIpc) is 2.70. The van der Waals surface area contributed by atoms with Gasteiger partial charge in [-0.3, -0.25) is 9.89 Å². The number of aromatic nitrogens is 3. The van der Waals surface area contributed by atoms with Crippen LogP contribution in [0, 0.1) is 11.7 Å². The topological polar surface area (TPSA) is 81.5 Å². The quantitative estimate of drug-likeness (QED) is 0.446. The molecule has 0 radical (unpaired) electrons. The van der Waals surface area contributed by atoms with Gasteiger partial charge in [0.1, 0.15) is 12.3 Å². The largest absolute Gasteiger partial charge is 0.493 e. The Labute approximate surface area is 174 Å². The summed E-state index contributed by atoms with van der Waals surface area (Å²) in [5.74, 6) is 1.12. The molecule has 0 spiro atoms. The zero-order valence-electron chi connectivity index (χ0n) is 15.2. The van der Waals surface area contributed by atoms with Gasteiger partial charge in [0.15, 0.2) is 11.5 Å². The van der Waals surface area contributed by atoms with E-state index in [0.717, 1.165) is 10.2 Å². The van der Waals surface area contributed by atoms with E-state index in [1.165, 1.54) is 6.21 Å². The molecule has 1 aromatic heterocycles. The highest BCUT2D eigenvalue weighted by molar-refractivity contribution is 9.10. The van der Waals surface area contributed by atoms with Crippen molar-refractivity contribution >= 4 is 34.4 Å². The second-order valence-corrected chi connectivity index (χ2v) is 7.03. The Balaban J connectivity index is 1.88. The van der Waals surface area contributed by atoms with Gasteiger partial charge in [-0.2, -0.15) is 14.9 Å². The number of halogens is 1. The fourth-order valence-electron chi connectivity index (χ4n) is 2.39. The van der Waals surface area contributed by atoms with Crippen LogP contribution in [0.4, 0.5) is 0 Å². The Kier molecular flexibility index (Phi) is 6.37. The molecule has 0 unspecified atom stereocenters. The van der Waals surface area contributed by atoms with Gasteiger partial charge < -0.3 is 9.47 Å². The first kappa shape index (κ1) is 20.0. The van der Waals surface area contributed by atoms with Gasteiger partial charge in [0.25, 0.3) is 5.56 Å². The third-order valence-electron chi connectivity index (χ3n) is 3.81. The number of benzene rings is 2. The Morgan fingerprint density at radius 1 is 1.32 bits per heavy atom. The molecule has 0 aliphatic heterocycles. The van der Waals surface area contributed by atoms with Gasteiger partial charge in [-0.25, -0.2) is 0 Å². The van der Waals surface area contributed by atoms with Crippen molar-refractivity contribution in [1.82, 2.24) is 14.9 Å². The summed E-state index contributed by atoms with van der Waals surface area (Å²) in [5.41, 5.74) is 1.64. The molecule has 0 atom stereocenters. The van der Waals surface area contributed by atoms with E-state index in [2.05, 4.69) is 31.2 Å². The van der Waals surface area contributed by atoms with E-state index in [9.17, 15) is 4.79 Å². The SMILES string of the molecule is COc1cc(/C=N/n2c(=S)[nH]nc(C)c2=O)cc(Br)c1OCc1ccccc1. The first-order valence-electron chi connectivity index (χ1n) is 8.26. The van der Waals surface area contributed by atoms with Gasteiger partial charge in [-0.1, -0.05) is 30.3 Å². The van der Waals surface area contributed by atoms with Crippen LogP contribution in [0.3, 0.4) is 0 Å². The van der Waals surface area contributed by atoms with Crippen molar-refractivity contribution in [2.45, 2.75) is 13.5 Å². The second-order valence-electron chi connectivity index (χ2n) is 5.78. The Morgan fingerprint density at radius 3 is 2.79 bits per heavy atom. The second kappa shape index (κ2) is 8.94. The Bertz CT molecular complexity index is 1130. The summed E-state index contributed by atoms with van der Waals surface area (Å²) in [6, 6.07) is 13.4. The Hall–Kier alpha value is -2.78. The van der Waals surface area contributed by atoms with Crippen molar-refractivity contribution in [2.24, 2.45) is 5.10 Å². The lowest BCUT2D eigenvalue weighted by atomic mass is 10.2. The smallest absolute Gasteiger partial charge is 0.296 e. The Morgan fingerprint density at radius 2 is 2.07 bits per heavy atom. The maximum absolute atomic E-state index is 12.1. The number of ether oxygens (including phenoxy) is 2. The predicted molar refractivity (Wildman–Crippen MR) is 113 cm³/mol. The van der Waals surface area contributed by atoms with Crippen LogP contribution in [0.15, 0.2) is 56.8 Å². The highest BCUT2D eigenvalue weighted by Crippen LogP contribution is 2.36. The van der Waals surface area contributed by atoms with Crippen LogP contribution in [-0.2, 0) is 6.61 Å². The monoisotopic (exact) mass is 460 g/mol. The van der Waals surface area contributed by atoms with Gasteiger partial charge in [-0.15, -0.1) is 0 Å². The van der Waals surface area contributed by atoms with Gasteiger partial charge in [0, 0.05) is 0 Å². The lowest BCUT2D eigenvalue weighted by Gasteiger charge is -2.13. The number of methoxy groups -OCH3 is 1. The predicted octanol–water partition coefficient (Wildman–Crippen LogP) is 3.84. The molecular formula is C19H17BrN4O3S. The van der Waals surface area contributed by atoms with Crippen LogP contribution in [0.2, 0.25) is 0 Å². The number of aryl methyl sites for hydroxylation is 1. The fourth-order valence-corrected chi connectivity index (χ4v) is 3.14.